The number of hydrogen-bond acceptors (Lipinski definition) is 3. The summed E-state index contributed by atoms with van der Waals surface area (Å²) < 4.78 is 172. The van der Waals surface area contributed by atoms with Gasteiger partial charge in [-0.1, -0.05) is 32.9 Å². The van der Waals surface area contributed by atoms with E-state index in [2.05, 4.69) is 9.47 Å². The van der Waals surface area contributed by atoms with Crippen LogP contribution in [0.5, 0.6) is 0 Å². The largest absolute Gasteiger partial charge is 0.430 e. The normalized spacial score (nSPS) is 15.7. The Morgan fingerprint density at radius 3 is 1.44 bits per heavy atom. The van der Waals surface area contributed by atoms with Gasteiger partial charge in [-0.05, 0) is 23.5 Å². The van der Waals surface area contributed by atoms with Gasteiger partial charge in [-0.15, -0.1) is 0 Å². The number of methoxy groups -OCH3 is 1. The molecule has 0 spiro atoms. The highest BCUT2D eigenvalue weighted by atomic mass is 19.4. The van der Waals surface area contributed by atoms with E-state index in [1.165, 1.54) is 13.8 Å². The van der Waals surface area contributed by atoms with E-state index >= 15 is 0 Å². The lowest BCUT2D eigenvalue weighted by molar-refractivity contribution is -0.400. The van der Waals surface area contributed by atoms with Crippen LogP contribution in [0.2, 0.25) is 0 Å². The van der Waals surface area contributed by atoms with Crippen LogP contribution in [0, 0.1) is 5.92 Å². The molecule has 1 atom stereocenters. The van der Waals surface area contributed by atoms with Crippen LogP contribution >= 0.6 is 0 Å². The molecule has 15 heteroatoms. The first-order chi connectivity index (χ1) is 15.0. The number of benzene rings is 1. The van der Waals surface area contributed by atoms with Gasteiger partial charge in [0.25, 0.3) is 11.2 Å². The van der Waals surface area contributed by atoms with Crippen molar-refractivity contribution in [3.63, 3.8) is 0 Å². The molecule has 0 aromatic heterocycles. The molecule has 0 aliphatic carbocycles. The zero-order chi connectivity index (χ0) is 27.1. The summed E-state index contributed by atoms with van der Waals surface area (Å²) in [5.74, 6) is -1.79. The van der Waals surface area contributed by atoms with Crippen molar-refractivity contribution in [2.75, 3.05) is 13.9 Å². The van der Waals surface area contributed by atoms with Crippen LogP contribution < -0.4 is 0 Å². The maximum Gasteiger partial charge on any atom is 0.430 e. The molecule has 198 valence electrons. The smallest absolute Gasteiger partial charge is 0.369 e. The van der Waals surface area contributed by atoms with Crippen LogP contribution in [0.1, 0.15) is 43.4 Å². The Morgan fingerprint density at radius 1 is 0.706 bits per heavy atom. The highest BCUT2D eigenvalue weighted by Gasteiger charge is 2.75. The van der Waals surface area contributed by atoms with Gasteiger partial charge in [-0.2, -0.15) is 52.7 Å². The minimum atomic E-state index is -6.56. The summed E-state index contributed by atoms with van der Waals surface area (Å²) in [5.41, 5.74) is -16.3. The van der Waals surface area contributed by atoms with Gasteiger partial charge >= 0.3 is 24.7 Å². The van der Waals surface area contributed by atoms with Gasteiger partial charge in [-0.25, -0.2) is 0 Å². The van der Waals surface area contributed by atoms with E-state index in [0.29, 0.717) is 7.11 Å². The monoisotopic (exact) mass is 524 g/mol. The minimum Gasteiger partial charge on any atom is -0.369 e. The molecule has 0 heterocycles. The molecule has 0 amide bonds. The fraction of sp³-hybridized carbons (Fsp3) is 0.684. The van der Waals surface area contributed by atoms with E-state index in [0.717, 1.165) is 6.92 Å². The number of rotatable bonds is 7. The highest BCUT2D eigenvalue weighted by Crippen LogP contribution is 2.56. The Bertz CT molecular complexity index is 809. The SMILES string of the molecule is COCOC(c1cc(C(C)C(C)C)cc(C(O)(C(F)(F)F)C(F)(F)F)c1)(C(F)(F)F)C(F)(F)F. The standard InChI is InChI=1S/C19H20F12O3/c1-9(2)10(3)11-5-12(14(32,16(20,21)22)17(23,24)25)7-13(6-11)15(18(26,27)28,19(29,30)31)34-8-33-4/h5-7,9-10,32H,8H2,1-4H3. The topological polar surface area (TPSA) is 38.7 Å². The molecular formula is C19H20F12O3. The van der Waals surface area contributed by atoms with E-state index in [1.54, 1.807) is 0 Å². The van der Waals surface area contributed by atoms with E-state index in [4.69, 9.17) is 0 Å². The van der Waals surface area contributed by atoms with Crippen molar-refractivity contribution in [2.45, 2.75) is 62.6 Å². The number of halogens is 12. The highest BCUT2D eigenvalue weighted by molar-refractivity contribution is 5.41. The zero-order valence-electron chi connectivity index (χ0n) is 17.9. The minimum absolute atomic E-state index is 0.0724. The van der Waals surface area contributed by atoms with Gasteiger partial charge in [0.15, 0.2) is 0 Å². The molecule has 1 aromatic carbocycles. The van der Waals surface area contributed by atoms with Crippen molar-refractivity contribution in [3.05, 3.63) is 34.9 Å². The molecule has 0 saturated carbocycles. The fourth-order valence-corrected chi connectivity index (χ4v) is 3.08. The summed E-state index contributed by atoms with van der Waals surface area (Å²) in [5, 5.41) is 9.69. The Morgan fingerprint density at radius 2 is 1.12 bits per heavy atom. The summed E-state index contributed by atoms with van der Waals surface area (Å²) >= 11 is 0. The van der Waals surface area contributed by atoms with Crippen molar-refractivity contribution < 1.29 is 67.3 Å². The Labute approximate surface area is 185 Å². The molecule has 0 radical (unpaired) electrons. The Hall–Kier alpha value is -1.74. The average Bonchev–Trinajstić information content (AvgIpc) is 2.62. The maximum atomic E-state index is 13.9. The van der Waals surface area contributed by atoms with Crippen molar-refractivity contribution in [1.82, 2.24) is 0 Å². The molecule has 1 rings (SSSR count). The average molecular weight is 524 g/mol. The summed E-state index contributed by atoms with van der Waals surface area (Å²) in [4.78, 5) is 0. The lowest BCUT2D eigenvalue weighted by Crippen LogP contribution is -2.57. The van der Waals surface area contributed by atoms with Crippen LogP contribution in [-0.2, 0) is 20.7 Å². The fourth-order valence-electron chi connectivity index (χ4n) is 3.08. The molecule has 0 bridgehead atoms. The third kappa shape index (κ3) is 5.10. The second kappa shape index (κ2) is 9.37. The van der Waals surface area contributed by atoms with E-state index in [1.807, 2.05) is 0 Å². The lowest BCUT2D eigenvalue weighted by atomic mass is 9.80. The summed E-state index contributed by atoms with van der Waals surface area (Å²) in [7, 11) is 0.645. The van der Waals surface area contributed by atoms with Crippen molar-refractivity contribution in [3.8, 4) is 0 Å². The van der Waals surface area contributed by atoms with Crippen molar-refractivity contribution >= 4 is 0 Å². The van der Waals surface area contributed by atoms with Crippen LogP contribution in [0.25, 0.3) is 0 Å². The molecule has 0 saturated heterocycles. The Kier molecular flexibility index (Phi) is 8.35. The van der Waals surface area contributed by atoms with Crippen LogP contribution in [-0.4, -0.2) is 43.7 Å². The lowest BCUT2D eigenvalue weighted by Gasteiger charge is -2.39. The van der Waals surface area contributed by atoms with Gasteiger partial charge in [0.05, 0.1) is 0 Å². The second-order valence-corrected chi connectivity index (χ2v) is 7.81. The molecule has 34 heavy (non-hydrogen) atoms. The van der Waals surface area contributed by atoms with Crippen LogP contribution in [0.3, 0.4) is 0 Å². The molecule has 0 fully saturated rings. The summed E-state index contributed by atoms with van der Waals surface area (Å²) in [6.45, 7) is 2.23. The van der Waals surface area contributed by atoms with Crippen LogP contribution in [0.15, 0.2) is 18.2 Å². The van der Waals surface area contributed by atoms with Gasteiger partial charge in [0.1, 0.15) is 6.79 Å². The molecule has 1 aromatic rings. The van der Waals surface area contributed by atoms with Gasteiger partial charge in [0.2, 0.25) is 0 Å². The molecule has 1 N–H and O–H groups in total. The third-order valence-corrected chi connectivity index (χ3v) is 5.32. The first-order valence-electron chi connectivity index (χ1n) is 9.27. The second-order valence-electron chi connectivity index (χ2n) is 7.81. The zero-order valence-corrected chi connectivity index (χ0v) is 17.9. The number of alkyl halides is 12. The predicted molar refractivity (Wildman–Crippen MR) is 92.5 cm³/mol. The number of hydrogen-bond donors (Lipinski definition) is 1. The molecule has 0 aliphatic heterocycles. The van der Waals surface area contributed by atoms with E-state index in [-0.39, 0.29) is 12.1 Å². The third-order valence-electron chi connectivity index (χ3n) is 5.32. The quantitative estimate of drug-likeness (QED) is 0.319. The first-order valence-corrected chi connectivity index (χ1v) is 9.27. The summed E-state index contributed by atoms with van der Waals surface area (Å²) in [6, 6.07) is -0.435. The Balaban J connectivity index is 4.29. The van der Waals surface area contributed by atoms with Crippen LogP contribution in [0.4, 0.5) is 52.7 Å². The molecule has 3 nitrogen and oxygen atoms in total. The van der Waals surface area contributed by atoms with Gasteiger partial charge in [-0.3, -0.25) is 0 Å². The molecule has 0 aliphatic rings. The molecule has 1 unspecified atom stereocenters. The number of ether oxygens (including phenoxy) is 2. The van der Waals surface area contributed by atoms with Crippen molar-refractivity contribution in [2.24, 2.45) is 5.92 Å². The van der Waals surface area contributed by atoms with Gasteiger partial charge < -0.3 is 14.6 Å². The summed E-state index contributed by atoms with van der Waals surface area (Å²) in [6.07, 6.45) is -26.0. The molecular weight excluding hydrogens is 504 g/mol. The van der Waals surface area contributed by atoms with Crippen molar-refractivity contribution in [1.29, 1.82) is 0 Å². The number of aliphatic hydroxyl groups is 1. The van der Waals surface area contributed by atoms with E-state index < -0.39 is 77.3 Å². The van der Waals surface area contributed by atoms with Gasteiger partial charge in [0, 0.05) is 18.2 Å². The first kappa shape index (κ1) is 30.3. The maximum absolute atomic E-state index is 13.9. The van der Waals surface area contributed by atoms with E-state index in [9.17, 15) is 57.8 Å². The predicted octanol–water partition coefficient (Wildman–Crippen LogP) is 6.70.